The summed E-state index contributed by atoms with van der Waals surface area (Å²) in [4.78, 5) is 21.8. The number of nitro groups is 1. The van der Waals surface area contributed by atoms with E-state index in [-0.39, 0.29) is 22.1 Å². The van der Waals surface area contributed by atoms with Crippen LogP contribution in [-0.4, -0.2) is 18.0 Å². The van der Waals surface area contributed by atoms with Gasteiger partial charge in [-0.2, -0.15) is 0 Å². The molecule has 1 aromatic carbocycles. The van der Waals surface area contributed by atoms with Crippen LogP contribution in [0.2, 0.25) is 0 Å². The minimum Gasteiger partial charge on any atom is -0.465 e. The van der Waals surface area contributed by atoms with Crippen molar-refractivity contribution in [3.8, 4) is 10.8 Å². The van der Waals surface area contributed by atoms with Gasteiger partial charge in [0.15, 0.2) is 0 Å². The van der Waals surface area contributed by atoms with Crippen LogP contribution in [0, 0.1) is 10.1 Å². The Kier molecular flexibility index (Phi) is 3.76. The van der Waals surface area contributed by atoms with Gasteiger partial charge >= 0.3 is 11.7 Å². The lowest BCUT2D eigenvalue weighted by atomic mass is 10.2. The highest BCUT2D eigenvalue weighted by Gasteiger charge is 2.20. The van der Waals surface area contributed by atoms with Crippen molar-refractivity contribution in [3.63, 3.8) is 0 Å². The molecule has 2 aromatic rings. The molecule has 19 heavy (non-hydrogen) atoms. The number of hydrogen-bond donors (Lipinski definition) is 0. The largest absolute Gasteiger partial charge is 0.465 e. The third-order valence-corrected chi connectivity index (χ3v) is 3.08. The number of ether oxygens (including phenoxy) is 2. The average molecular weight is 279 g/mol. The molecule has 0 fully saturated rings. The Labute approximate surface area is 112 Å². The molecule has 1 heterocycles. The smallest absolute Gasteiger partial charge is 0.341 e. The van der Waals surface area contributed by atoms with E-state index >= 15 is 0 Å². The summed E-state index contributed by atoms with van der Waals surface area (Å²) in [5.74, 6) is -0.338. The number of carbonyl (C=O) groups excluding carboxylic acids is 1. The molecule has 0 aliphatic rings. The molecule has 7 heteroatoms. The van der Waals surface area contributed by atoms with Gasteiger partial charge in [0.2, 0.25) is 0 Å². The summed E-state index contributed by atoms with van der Waals surface area (Å²) in [5.41, 5.74) is 0.0809. The summed E-state index contributed by atoms with van der Waals surface area (Å²) < 4.78 is 10.1. The monoisotopic (exact) mass is 279 g/mol. The van der Waals surface area contributed by atoms with E-state index in [0.717, 1.165) is 11.3 Å². The molecular formula is C12H9NO5S. The first kappa shape index (κ1) is 13.0. The standard InChI is InChI=1S/C12H9NO5S/c1-17-11(14)8-4-2-3-5-10(8)18-12-9(13(15)16)6-7-19-12/h2-7H,1H3. The van der Waals surface area contributed by atoms with Crippen molar-refractivity contribution >= 4 is 23.0 Å². The highest BCUT2D eigenvalue weighted by atomic mass is 32.1. The number of thiophene rings is 1. The van der Waals surface area contributed by atoms with Gasteiger partial charge in [-0.25, -0.2) is 4.79 Å². The van der Waals surface area contributed by atoms with Gasteiger partial charge in [-0.3, -0.25) is 10.1 Å². The van der Waals surface area contributed by atoms with Gasteiger partial charge in [0.25, 0.3) is 5.06 Å². The fourth-order valence-corrected chi connectivity index (χ4v) is 2.16. The second-order valence-corrected chi connectivity index (χ2v) is 4.32. The topological polar surface area (TPSA) is 78.7 Å². The molecule has 0 spiro atoms. The quantitative estimate of drug-likeness (QED) is 0.487. The zero-order chi connectivity index (χ0) is 13.8. The zero-order valence-electron chi connectivity index (χ0n) is 9.86. The predicted molar refractivity (Wildman–Crippen MR) is 68.8 cm³/mol. The molecule has 0 saturated heterocycles. The van der Waals surface area contributed by atoms with Crippen molar-refractivity contribution in [1.82, 2.24) is 0 Å². The number of rotatable bonds is 4. The number of carbonyl (C=O) groups is 1. The Morgan fingerprint density at radius 2 is 2.05 bits per heavy atom. The minimum absolute atomic E-state index is 0.126. The van der Waals surface area contributed by atoms with E-state index in [2.05, 4.69) is 4.74 Å². The lowest BCUT2D eigenvalue weighted by Crippen LogP contribution is -2.03. The Hall–Kier alpha value is -2.41. The van der Waals surface area contributed by atoms with Crippen molar-refractivity contribution in [1.29, 1.82) is 0 Å². The summed E-state index contributed by atoms with van der Waals surface area (Å²) >= 11 is 1.08. The molecule has 2 rings (SSSR count). The van der Waals surface area contributed by atoms with Gasteiger partial charge < -0.3 is 9.47 Å². The van der Waals surface area contributed by atoms with Crippen molar-refractivity contribution in [2.24, 2.45) is 0 Å². The SMILES string of the molecule is COC(=O)c1ccccc1Oc1sccc1[N+](=O)[O-]. The number of nitrogens with zero attached hydrogens (tertiary/aromatic N) is 1. The van der Waals surface area contributed by atoms with Gasteiger partial charge in [0.1, 0.15) is 11.3 Å². The van der Waals surface area contributed by atoms with Gasteiger partial charge in [0, 0.05) is 11.4 Å². The van der Waals surface area contributed by atoms with E-state index < -0.39 is 10.9 Å². The van der Waals surface area contributed by atoms with E-state index in [1.165, 1.54) is 19.2 Å². The molecule has 6 nitrogen and oxygen atoms in total. The predicted octanol–water partition coefficient (Wildman–Crippen LogP) is 3.24. The number of para-hydroxylation sites is 1. The highest BCUT2D eigenvalue weighted by Crippen LogP contribution is 2.37. The van der Waals surface area contributed by atoms with Crippen LogP contribution >= 0.6 is 11.3 Å². The molecule has 0 aliphatic carbocycles. The number of hydrogen-bond acceptors (Lipinski definition) is 6. The molecule has 0 saturated carbocycles. The van der Waals surface area contributed by atoms with Crippen molar-refractivity contribution in [3.05, 3.63) is 51.4 Å². The number of esters is 1. The molecule has 0 unspecified atom stereocenters. The maximum absolute atomic E-state index is 11.5. The van der Waals surface area contributed by atoms with Gasteiger partial charge in [-0.15, -0.1) is 11.3 Å². The van der Waals surface area contributed by atoms with Crippen LogP contribution in [0.4, 0.5) is 5.69 Å². The number of benzene rings is 1. The maximum atomic E-state index is 11.5. The molecule has 0 N–H and O–H groups in total. The van der Waals surface area contributed by atoms with Gasteiger partial charge in [-0.05, 0) is 12.1 Å². The van der Waals surface area contributed by atoms with Gasteiger partial charge in [0.05, 0.1) is 12.0 Å². The van der Waals surface area contributed by atoms with Crippen molar-refractivity contribution < 1.29 is 19.2 Å². The Bertz CT molecular complexity index is 622. The summed E-state index contributed by atoms with van der Waals surface area (Å²) in [6, 6.07) is 7.75. The van der Waals surface area contributed by atoms with E-state index in [4.69, 9.17) is 4.74 Å². The summed E-state index contributed by atoms with van der Waals surface area (Å²) in [6.45, 7) is 0. The van der Waals surface area contributed by atoms with E-state index in [0.29, 0.717) is 0 Å². The fraction of sp³-hybridized carbons (Fsp3) is 0.0833. The van der Waals surface area contributed by atoms with Crippen molar-refractivity contribution in [2.75, 3.05) is 7.11 Å². The fourth-order valence-electron chi connectivity index (χ4n) is 1.43. The van der Waals surface area contributed by atoms with E-state index in [1.54, 1.807) is 23.6 Å². The molecule has 0 aliphatic heterocycles. The van der Waals surface area contributed by atoms with Crippen LogP contribution in [0.15, 0.2) is 35.7 Å². The summed E-state index contributed by atoms with van der Waals surface area (Å²) in [7, 11) is 1.26. The number of methoxy groups -OCH3 is 1. The lowest BCUT2D eigenvalue weighted by molar-refractivity contribution is -0.385. The average Bonchev–Trinajstić information content (AvgIpc) is 2.87. The van der Waals surface area contributed by atoms with Gasteiger partial charge in [-0.1, -0.05) is 12.1 Å². The first-order valence-corrected chi connectivity index (χ1v) is 6.08. The first-order chi connectivity index (χ1) is 9.13. The summed E-state index contributed by atoms with van der Waals surface area (Å²) in [6.07, 6.45) is 0. The highest BCUT2D eigenvalue weighted by molar-refractivity contribution is 7.12. The Balaban J connectivity index is 2.36. The van der Waals surface area contributed by atoms with Crippen molar-refractivity contribution in [2.45, 2.75) is 0 Å². The summed E-state index contributed by atoms with van der Waals surface area (Å²) in [5, 5.41) is 12.5. The zero-order valence-corrected chi connectivity index (χ0v) is 10.7. The third kappa shape index (κ3) is 2.71. The Morgan fingerprint density at radius 3 is 2.74 bits per heavy atom. The van der Waals surface area contributed by atoms with Crippen LogP contribution in [0.5, 0.6) is 10.8 Å². The van der Waals surface area contributed by atoms with E-state index in [1.807, 2.05) is 0 Å². The lowest BCUT2D eigenvalue weighted by Gasteiger charge is -2.07. The second-order valence-electron chi connectivity index (χ2n) is 3.44. The second kappa shape index (κ2) is 5.49. The molecule has 0 amide bonds. The van der Waals surface area contributed by atoms with Crippen LogP contribution in [0.1, 0.15) is 10.4 Å². The molecule has 0 radical (unpaired) electrons. The first-order valence-electron chi connectivity index (χ1n) is 5.20. The van der Waals surface area contributed by atoms with E-state index in [9.17, 15) is 14.9 Å². The molecular weight excluding hydrogens is 270 g/mol. The normalized spacial score (nSPS) is 9.95. The van der Waals surface area contributed by atoms with Crippen LogP contribution in [0.25, 0.3) is 0 Å². The Morgan fingerprint density at radius 1 is 1.32 bits per heavy atom. The maximum Gasteiger partial charge on any atom is 0.341 e. The third-order valence-electron chi connectivity index (χ3n) is 2.30. The molecule has 98 valence electrons. The molecule has 0 atom stereocenters. The van der Waals surface area contributed by atoms with Crippen LogP contribution < -0.4 is 4.74 Å². The molecule has 1 aromatic heterocycles. The van der Waals surface area contributed by atoms with Crippen LogP contribution in [-0.2, 0) is 4.74 Å². The van der Waals surface area contributed by atoms with Crippen LogP contribution in [0.3, 0.4) is 0 Å². The minimum atomic E-state index is -0.560. The molecule has 0 bridgehead atoms.